The molecule has 2 N–H and O–H groups in total. The molecule has 52 heavy (non-hydrogen) atoms. The summed E-state index contributed by atoms with van der Waals surface area (Å²) < 4.78 is 43.8. The predicted octanol–water partition coefficient (Wildman–Crippen LogP) is 5.97. The number of nitrogens with one attached hydrogen (secondary N) is 2. The number of hydrogen-bond acceptors (Lipinski definition) is 8. The fourth-order valence-electron chi connectivity index (χ4n) is 7.06. The van der Waals surface area contributed by atoms with Gasteiger partial charge in [0, 0.05) is 105 Å². The van der Waals surface area contributed by atoms with Gasteiger partial charge in [-0.2, -0.15) is 0 Å². The second-order valence-electron chi connectivity index (χ2n) is 13.4. The second-order valence-corrected chi connectivity index (χ2v) is 13.4. The summed E-state index contributed by atoms with van der Waals surface area (Å²) in [5.74, 6) is -0.0986. The van der Waals surface area contributed by atoms with Crippen molar-refractivity contribution in [2.24, 2.45) is 0 Å². The molecule has 4 aromatic rings. The van der Waals surface area contributed by atoms with E-state index < -0.39 is 11.6 Å². The van der Waals surface area contributed by atoms with Crippen LogP contribution in [0, 0.1) is 11.6 Å². The van der Waals surface area contributed by atoms with E-state index in [2.05, 4.69) is 20.6 Å². The van der Waals surface area contributed by atoms with Crippen LogP contribution >= 0.6 is 0 Å². The van der Waals surface area contributed by atoms with Gasteiger partial charge in [-0.05, 0) is 49.9 Å². The Labute approximate surface area is 303 Å². The number of halogens is 2. The van der Waals surface area contributed by atoms with Gasteiger partial charge in [0.25, 0.3) is 0 Å². The van der Waals surface area contributed by atoms with E-state index in [1.807, 2.05) is 21.9 Å². The Kier molecular flexibility index (Phi) is 11.8. The van der Waals surface area contributed by atoms with E-state index in [1.165, 1.54) is 19.4 Å². The summed E-state index contributed by atoms with van der Waals surface area (Å²) in [6, 6.07) is 15.9. The Bertz CT molecular complexity index is 1770. The average Bonchev–Trinajstić information content (AvgIpc) is 3.17. The highest BCUT2D eigenvalue weighted by atomic mass is 19.1. The number of rotatable bonds is 11. The number of benzene rings is 2. The maximum Gasteiger partial charge on any atom is 0.219 e. The molecule has 0 aliphatic carbocycles. The van der Waals surface area contributed by atoms with Crippen LogP contribution in [0.25, 0.3) is 33.6 Å². The number of hydrogen-bond donors (Lipinski definition) is 2. The van der Waals surface area contributed by atoms with Crippen molar-refractivity contribution in [2.45, 2.75) is 64.7 Å². The molecule has 274 valence electrons. The third kappa shape index (κ3) is 8.24. The van der Waals surface area contributed by atoms with Crippen molar-refractivity contribution in [3.63, 3.8) is 0 Å². The van der Waals surface area contributed by atoms with Gasteiger partial charge in [-0.25, -0.2) is 13.8 Å². The number of nitrogens with zero attached hydrogens (tertiary/aromatic N) is 4. The summed E-state index contributed by atoms with van der Waals surface area (Å²) in [5.41, 5.74) is 3.08. The maximum atomic E-state index is 16.3. The van der Waals surface area contributed by atoms with E-state index in [0.717, 1.165) is 63.0 Å². The Morgan fingerprint density at radius 1 is 0.750 bits per heavy atom. The quantitative estimate of drug-likeness (QED) is 0.196. The molecule has 2 aliphatic heterocycles. The van der Waals surface area contributed by atoms with Gasteiger partial charge in [0.15, 0.2) is 5.82 Å². The van der Waals surface area contributed by atoms with Crippen molar-refractivity contribution in [1.82, 2.24) is 30.4 Å². The van der Waals surface area contributed by atoms with Crippen molar-refractivity contribution >= 4 is 11.8 Å². The summed E-state index contributed by atoms with van der Waals surface area (Å²) in [6.45, 7) is 7.16. The molecular formula is C40H46F2N6O4. The van der Waals surface area contributed by atoms with Crippen molar-refractivity contribution in [1.29, 1.82) is 0 Å². The van der Waals surface area contributed by atoms with E-state index in [4.69, 9.17) is 9.47 Å². The van der Waals surface area contributed by atoms with E-state index in [0.29, 0.717) is 36.0 Å². The molecule has 4 heterocycles. The Hall–Kier alpha value is -4.94. The lowest BCUT2D eigenvalue weighted by atomic mass is 9.98. The van der Waals surface area contributed by atoms with Crippen LogP contribution in [-0.4, -0.2) is 84.1 Å². The molecule has 2 aromatic heterocycles. The molecule has 0 radical (unpaired) electrons. The smallest absolute Gasteiger partial charge is 0.219 e. The Balaban J connectivity index is 1.18. The molecular weight excluding hydrogens is 666 g/mol. The fraction of sp³-hybridized carbons (Fsp3) is 0.400. The monoisotopic (exact) mass is 712 g/mol. The number of amides is 2. The van der Waals surface area contributed by atoms with Crippen LogP contribution in [0.5, 0.6) is 11.6 Å². The molecule has 0 atom stereocenters. The van der Waals surface area contributed by atoms with Crippen LogP contribution in [0.4, 0.5) is 8.78 Å². The lowest BCUT2D eigenvalue weighted by molar-refractivity contribution is -0.130. The zero-order chi connectivity index (χ0) is 36.8. The molecule has 0 saturated carbocycles. The van der Waals surface area contributed by atoms with Gasteiger partial charge < -0.3 is 29.9 Å². The molecule has 2 aliphatic rings. The SMILES string of the molecule is COc1cc(-c2nccc(-c3cccc(-c4ccc(CNC5CCN(C(C)=O)CC5)c(OC)n4)c3F)c2F)ccc1CNC1CCN(C(C)=O)CC1. The first kappa shape index (κ1) is 36.8. The lowest BCUT2D eigenvalue weighted by Crippen LogP contribution is -2.44. The van der Waals surface area contributed by atoms with Crippen LogP contribution in [0.3, 0.4) is 0 Å². The summed E-state index contributed by atoms with van der Waals surface area (Å²) in [5, 5.41) is 7.09. The summed E-state index contributed by atoms with van der Waals surface area (Å²) >= 11 is 0. The third-order valence-electron chi connectivity index (χ3n) is 10.2. The van der Waals surface area contributed by atoms with Gasteiger partial charge in [-0.3, -0.25) is 14.6 Å². The standard InChI is InChI=1S/C40H46F2N6O4/c1-25(49)47-18-13-30(14-19-47)44-23-28-9-8-27(22-36(28)51-3)39-38(42)33(12-17-43-39)32-6-5-7-34(37(32)41)35-11-10-29(40(46-35)52-4)24-45-31-15-20-48(21-16-31)26(2)50/h5-12,17,22,30-31,44-45H,13-16,18-21,23-24H2,1-4H3. The number of methoxy groups -OCH3 is 2. The van der Waals surface area contributed by atoms with E-state index in [1.54, 1.807) is 57.4 Å². The van der Waals surface area contributed by atoms with E-state index in [-0.39, 0.29) is 46.3 Å². The molecule has 0 unspecified atom stereocenters. The number of carbonyl (C=O) groups excluding carboxylic acids is 2. The van der Waals surface area contributed by atoms with E-state index in [9.17, 15) is 9.59 Å². The van der Waals surface area contributed by atoms with Gasteiger partial charge in [-0.15, -0.1) is 0 Å². The zero-order valence-corrected chi connectivity index (χ0v) is 30.2. The van der Waals surface area contributed by atoms with Crippen molar-refractivity contribution in [3.8, 4) is 45.3 Å². The molecule has 2 amide bonds. The second kappa shape index (κ2) is 16.6. The third-order valence-corrected chi connectivity index (χ3v) is 10.2. The van der Waals surface area contributed by atoms with Crippen molar-refractivity contribution in [2.75, 3.05) is 40.4 Å². The number of likely N-dealkylation sites (tertiary alicyclic amines) is 2. The molecule has 0 spiro atoms. The first-order valence-electron chi connectivity index (χ1n) is 17.8. The van der Waals surface area contributed by atoms with Gasteiger partial charge >= 0.3 is 0 Å². The van der Waals surface area contributed by atoms with Crippen molar-refractivity contribution < 1.29 is 27.8 Å². The largest absolute Gasteiger partial charge is 0.496 e. The summed E-state index contributed by atoms with van der Waals surface area (Å²) in [6.07, 6.45) is 4.94. The van der Waals surface area contributed by atoms with Gasteiger partial charge in [0.05, 0.1) is 19.9 Å². The number of pyridine rings is 2. The van der Waals surface area contributed by atoms with Crippen LogP contribution in [0.2, 0.25) is 0 Å². The maximum absolute atomic E-state index is 16.3. The molecule has 2 fully saturated rings. The Morgan fingerprint density at radius 3 is 1.92 bits per heavy atom. The van der Waals surface area contributed by atoms with E-state index >= 15 is 8.78 Å². The molecule has 10 nitrogen and oxygen atoms in total. The molecule has 2 aromatic carbocycles. The van der Waals surface area contributed by atoms with Crippen LogP contribution in [0.15, 0.2) is 60.8 Å². The number of carbonyl (C=O) groups is 2. The number of piperidine rings is 2. The highest BCUT2D eigenvalue weighted by Crippen LogP contribution is 2.36. The van der Waals surface area contributed by atoms with Crippen LogP contribution in [-0.2, 0) is 22.7 Å². The number of aromatic nitrogens is 2. The van der Waals surface area contributed by atoms with Gasteiger partial charge in [0.2, 0.25) is 17.7 Å². The fourth-order valence-corrected chi connectivity index (χ4v) is 7.06. The first-order valence-corrected chi connectivity index (χ1v) is 17.8. The first-order chi connectivity index (χ1) is 25.2. The average molecular weight is 713 g/mol. The minimum atomic E-state index is -0.648. The predicted molar refractivity (Wildman–Crippen MR) is 196 cm³/mol. The highest BCUT2D eigenvalue weighted by Gasteiger charge is 2.24. The highest BCUT2D eigenvalue weighted by molar-refractivity contribution is 5.77. The number of ether oxygens (including phenoxy) is 2. The summed E-state index contributed by atoms with van der Waals surface area (Å²) in [4.78, 5) is 36.0. The summed E-state index contributed by atoms with van der Waals surface area (Å²) in [7, 11) is 3.10. The lowest BCUT2D eigenvalue weighted by Gasteiger charge is -2.32. The van der Waals surface area contributed by atoms with Crippen LogP contribution < -0.4 is 20.1 Å². The van der Waals surface area contributed by atoms with Gasteiger partial charge in [-0.1, -0.05) is 30.3 Å². The molecule has 0 bridgehead atoms. The van der Waals surface area contributed by atoms with Crippen LogP contribution in [0.1, 0.15) is 50.7 Å². The molecule has 12 heteroatoms. The minimum absolute atomic E-state index is 0.0783. The van der Waals surface area contributed by atoms with Crippen molar-refractivity contribution in [3.05, 3.63) is 83.6 Å². The Morgan fingerprint density at radius 2 is 1.33 bits per heavy atom. The normalized spacial score (nSPS) is 15.5. The topological polar surface area (TPSA) is 109 Å². The molecule has 6 rings (SSSR count). The van der Waals surface area contributed by atoms with Gasteiger partial charge in [0.1, 0.15) is 17.3 Å². The zero-order valence-electron chi connectivity index (χ0n) is 30.2. The molecule has 2 saturated heterocycles. The minimum Gasteiger partial charge on any atom is -0.496 e.